The largest absolute Gasteiger partial charge is 0.494 e. The zero-order chi connectivity index (χ0) is 28.3. The van der Waals surface area contributed by atoms with Gasteiger partial charge < -0.3 is 33.9 Å². The molecular formula is C29H37N5O6. The average Bonchev–Trinajstić information content (AvgIpc) is 2.98. The Balaban J connectivity index is 1.43. The van der Waals surface area contributed by atoms with E-state index in [0.717, 1.165) is 16.9 Å². The smallest absolute Gasteiger partial charge is 0.333 e. The number of hydrogen-bond acceptors (Lipinski definition) is 10. The molecule has 0 amide bonds. The van der Waals surface area contributed by atoms with E-state index in [9.17, 15) is 9.90 Å². The van der Waals surface area contributed by atoms with E-state index in [1.807, 2.05) is 67.4 Å². The fourth-order valence-electron chi connectivity index (χ4n) is 4.21. The van der Waals surface area contributed by atoms with Gasteiger partial charge in [0.15, 0.2) is 11.9 Å². The summed E-state index contributed by atoms with van der Waals surface area (Å²) in [4.78, 5) is 29.7. The predicted molar refractivity (Wildman–Crippen MR) is 151 cm³/mol. The number of ether oxygens (including phenoxy) is 4. The van der Waals surface area contributed by atoms with Gasteiger partial charge in [-0.3, -0.25) is 0 Å². The Kier molecular flexibility index (Phi) is 10.5. The molecule has 2 aromatic carbocycles. The quantitative estimate of drug-likeness (QED) is 0.318. The van der Waals surface area contributed by atoms with Gasteiger partial charge in [-0.25, -0.2) is 4.79 Å². The molecule has 0 bridgehead atoms. The highest BCUT2D eigenvalue weighted by Gasteiger charge is 2.20. The highest BCUT2D eigenvalue weighted by atomic mass is 16.5. The third kappa shape index (κ3) is 8.03. The molecular weight excluding hydrogens is 514 g/mol. The Bertz CT molecular complexity index is 1240. The molecule has 0 aliphatic carbocycles. The first-order valence-electron chi connectivity index (χ1n) is 13.6. The molecule has 0 saturated carbocycles. The maximum atomic E-state index is 11.4. The van der Waals surface area contributed by atoms with Gasteiger partial charge in [0.05, 0.1) is 26.4 Å². The number of nitrogens with zero attached hydrogens (tertiary/aromatic N) is 5. The van der Waals surface area contributed by atoms with E-state index in [4.69, 9.17) is 33.9 Å². The molecule has 0 spiro atoms. The summed E-state index contributed by atoms with van der Waals surface area (Å²) >= 11 is 0. The van der Waals surface area contributed by atoms with E-state index in [2.05, 4.69) is 4.90 Å². The number of carboxylic acid groups (broad SMARTS) is 1. The summed E-state index contributed by atoms with van der Waals surface area (Å²) in [6, 6.07) is 15.1. The molecule has 1 atom stereocenters. The van der Waals surface area contributed by atoms with Crippen LogP contribution in [0.4, 0.5) is 11.9 Å². The van der Waals surface area contributed by atoms with Crippen LogP contribution in [0.15, 0.2) is 48.5 Å². The summed E-state index contributed by atoms with van der Waals surface area (Å²) in [7, 11) is 1.92. The van der Waals surface area contributed by atoms with Crippen molar-refractivity contribution in [3.05, 3.63) is 54.1 Å². The molecule has 1 aromatic heterocycles. The van der Waals surface area contributed by atoms with Crippen molar-refractivity contribution in [2.24, 2.45) is 0 Å². The van der Waals surface area contributed by atoms with Crippen LogP contribution in [-0.2, 0) is 20.7 Å². The van der Waals surface area contributed by atoms with Crippen molar-refractivity contribution >= 4 is 17.9 Å². The minimum atomic E-state index is -0.967. The number of aromatic nitrogens is 3. The molecule has 4 rings (SSSR count). The van der Waals surface area contributed by atoms with Crippen LogP contribution in [0.1, 0.15) is 19.4 Å². The summed E-state index contributed by atoms with van der Waals surface area (Å²) in [5, 5.41) is 9.31. The van der Waals surface area contributed by atoms with Gasteiger partial charge in [0.2, 0.25) is 11.9 Å². The van der Waals surface area contributed by atoms with Gasteiger partial charge in [-0.15, -0.1) is 0 Å². The van der Waals surface area contributed by atoms with Crippen LogP contribution in [0.3, 0.4) is 0 Å². The van der Waals surface area contributed by atoms with Gasteiger partial charge >= 0.3 is 5.97 Å². The van der Waals surface area contributed by atoms with Crippen molar-refractivity contribution in [3.63, 3.8) is 0 Å². The van der Waals surface area contributed by atoms with Crippen molar-refractivity contribution in [1.29, 1.82) is 0 Å². The number of benzene rings is 2. The summed E-state index contributed by atoms with van der Waals surface area (Å²) in [6.07, 6.45) is -0.563. The number of carbonyl (C=O) groups is 1. The highest BCUT2D eigenvalue weighted by molar-refractivity contribution is 5.72. The van der Waals surface area contributed by atoms with Crippen molar-refractivity contribution in [2.75, 3.05) is 69.5 Å². The molecule has 40 heavy (non-hydrogen) atoms. The SMILES string of the molecule is CCOc1cccc(-c2nc(N(C)CCOc3ccc(CC(OCC)C(=O)O)cc3)nc(N3CCOCC3)n2)c1. The summed E-state index contributed by atoms with van der Waals surface area (Å²) in [5.41, 5.74) is 1.72. The van der Waals surface area contributed by atoms with Crippen molar-refractivity contribution in [3.8, 4) is 22.9 Å². The van der Waals surface area contributed by atoms with Gasteiger partial charge in [0.25, 0.3) is 0 Å². The number of aliphatic carboxylic acids is 1. The van der Waals surface area contributed by atoms with Crippen molar-refractivity contribution in [2.45, 2.75) is 26.4 Å². The molecule has 11 heteroatoms. The van der Waals surface area contributed by atoms with Gasteiger partial charge in [0.1, 0.15) is 18.1 Å². The Morgan fingerprint density at radius 2 is 1.80 bits per heavy atom. The number of hydrogen-bond donors (Lipinski definition) is 1. The van der Waals surface area contributed by atoms with E-state index in [1.165, 1.54) is 0 Å². The van der Waals surface area contributed by atoms with Crippen LogP contribution < -0.4 is 19.3 Å². The highest BCUT2D eigenvalue weighted by Crippen LogP contribution is 2.25. The van der Waals surface area contributed by atoms with E-state index in [-0.39, 0.29) is 0 Å². The molecule has 1 aliphatic rings. The van der Waals surface area contributed by atoms with Gasteiger partial charge in [-0.1, -0.05) is 24.3 Å². The summed E-state index contributed by atoms with van der Waals surface area (Å²) in [5.74, 6) is 2.22. The molecule has 1 aliphatic heterocycles. The van der Waals surface area contributed by atoms with E-state index in [1.54, 1.807) is 6.92 Å². The minimum absolute atomic E-state index is 0.298. The lowest BCUT2D eigenvalue weighted by molar-refractivity contribution is -0.149. The van der Waals surface area contributed by atoms with Gasteiger partial charge in [-0.05, 0) is 43.7 Å². The molecule has 0 radical (unpaired) electrons. The average molecular weight is 552 g/mol. The first-order valence-corrected chi connectivity index (χ1v) is 13.6. The molecule has 1 unspecified atom stereocenters. The second-order valence-corrected chi connectivity index (χ2v) is 9.22. The first kappa shape index (κ1) is 29.0. The standard InChI is InChI=1S/C29H37N5O6/c1-4-38-24-8-6-7-22(20-24)26-30-28(32-29(31-26)34-14-16-37-17-15-34)33(3)13-18-40-23-11-9-21(10-12-23)19-25(27(35)36)39-5-2/h6-12,20,25H,4-5,13-19H2,1-3H3,(H,35,36). The molecule has 3 aromatic rings. The third-order valence-corrected chi connectivity index (χ3v) is 6.33. The normalized spacial score (nSPS) is 14.0. The minimum Gasteiger partial charge on any atom is -0.494 e. The second-order valence-electron chi connectivity index (χ2n) is 9.22. The molecule has 1 N–H and O–H groups in total. The molecule has 1 fully saturated rings. The van der Waals surface area contributed by atoms with Crippen LogP contribution >= 0.6 is 0 Å². The molecule has 2 heterocycles. The lowest BCUT2D eigenvalue weighted by atomic mass is 10.1. The Hall–Kier alpha value is -3.96. The maximum Gasteiger partial charge on any atom is 0.333 e. The lowest BCUT2D eigenvalue weighted by Gasteiger charge is -2.28. The molecule has 11 nitrogen and oxygen atoms in total. The Labute approximate surface area is 234 Å². The molecule has 214 valence electrons. The second kappa shape index (κ2) is 14.4. The molecule has 1 saturated heterocycles. The van der Waals surface area contributed by atoms with Crippen LogP contribution in [0.25, 0.3) is 11.4 Å². The van der Waals surface area contributed by atoms with Gasteiger partial charge in [0, 0.05) is 38.7 Å². The number of likely N-dealkylation sites (N-methyl/N-ethyl adjacent to an activating group) is 1. The number of carboxylic acids is 1. The third-order valence-electron chi connectivity index (χ3n) is 6.33. The number of anilines is 2. The Morgan fingerprint density at radius 1 is 1.02 bits per heavy atom. The topological polar surface area (TPSA) is 119 Å². The van der Waals surface area contributed by atoms with E-state index >= 15 is 0 Å². The lowest BCUT2D eigenvalue weighted by Crippen LogP contribution is -2.38. The summed E-state index contributed by atoms with van der Waals surface area (Å²) in [6.45, 7) is 8.28. The zero-order valence-electron chi connectivity index (χ0n) is 23.3. The van der Waals surface area contributed by atoms with Crippen LogP contribution in [0, 0.1) is 0 Å². The maximum absolute atomic E-state index is 11.4. The Morgan fingerprint density at radius 3 is 2.50 bits per heavy atom. The number of morpholine rings is 1. The van der Waals surface area contributed by atoms with Crippen LogP contribution in [0.2, 0.25) is 0 Å². The zero-order valence-corrected chi connectivity index (χ0v) is 23.3. The van der Waals surface area contributed by atoms with E-state index < -0.39 is 12.1 Å². The van der Waals surface area contributed by atoms with Gasteiger partial charge in [-0.2, -0.15) is 15.0 Å². The van der Waals surface area contributed by atoms with Crippen molar-refractivity contribution < 1.29 is 28.8 Å². The fraction of sp³-hybridized carbons (Fsp3) is 0.448. The summed E-state index contributed by atoms with van der Waals surface area (Å²) < 4.78 is 22.4. The van der Waals surface area contributed by atoms with Crippen molar-refractivity contribution in [1.82, 2.24) is 15.0 Å². The van der Waals surface area contributed by atoms with Crippen LogP contribution in [0.5, 0.6) is 11.5 Å². The first-order chi connectivity index (χ1) is 19.5. The van der Waals surface area contributed by atoms with Crippen LogP contribution in [-0.4, -0.2) is 91.8 Å². The number of rotatable bonds is 14. The van der Waals surface area contributed by atoms with E-state index in [0.29, 0.717) is 82.6 Å². The predicted octanol–water partition coefficient (Wildman–Crippen LogP) is 3.32. The monoisotopic (exact) mass is 551 g/mol. The fourth-order valence-corrected chi connectivity index (χ4v) is 4.21.